The second kappa shape index (κ2) is 7.13. The van der Waals surface area contributed by atoms with Crippen molar-refractivity contribution in [3.8, 4) is 0 Å². The molecule has 124 valence electrons. The highest BCUT2D eigenvalue weighted by Gasteiger charge is 2.25. The van der Waals surface area contributed by atoms with E-state index in [1.807, 2.05) is 34.1 Å². The number of benzene rings is 1. The minimum absolute atomic E-state index is 0.0257. The number of hydrogen-bond donors (Lipinski definition) is 1. The minimum Gasteiger partial charge on any atom is -0.396 e. The van der Waals surface area contributed by atoms with E-state index in [2.05, 4.69) is 0 Å². The summed E-state index contributed by atoms with van der Waals surface area (Å²) in [6.45, 7) is 2.91. The van der Waals surface area contributed by atoms with Crippen LogP contribution in [0.3, 0.4) is 0 Å². The topological polar surface area (TPSA) is 60.9 Å². The van der Waals surface area contributed by atoms with E-state index >= 15 is 0 Å². The molecule has 2 saturated heterocycles. The fraction of sp³-hybridized carbons (Fsp3) is 0.556. The molecular formula is C18H24N2O3. The van der Waals surface area contributed by atoms with Crippen LogP contribution in [-0.2, 0) is 11.3 Å². The van der Waals surface area contributed by atoms with Crippen LogP contribution < -0.4 is 0 Å². The second-order valence-electron chi connectivity index (χ2n) is 6.56. The second-order valence-corrected chi connectivity index (χ2v) is 6.56. The van der Waals surface area contributed by atoms with Crippen molar-refractivity contribution in [2.24, 2.45) is 5.92 Å². The lowest BCUT2D eigenvalue weighted by Gasteiger charge is -2.32. The van der Waals surface area contributed by atoms with Gasteiger partial charge < -0.3 is 14.9 Å². The van der Waals surface area contributed by atoms with E-state index in [1.165, 1.54) is 0 Å². The maximum Gasteiger partial charge on any atom is 0.253 e. The molecule has 3 rings (SSSR count). The van der Waals surface area contributed by atoms with Crippen LogP contribution in [0.5, 0.6) is 0 Å². The number of likely N-dealkylation sites (tertiary alicyclic amines) is 2. The van der Waals surface area contributed by atoms with Crippen LogP contribution in [0.1, 0.15) is 41.6 Å². The summed E-state index contributed by atoms with van der Waals surface area (Å²) in [5, 5.41) is 9.31. The molecule has 1 unspecified atom stereocenters. The third kappa shape index (κ3) is 3.72. The zero-order valence-electron chi connectivity index (χ0n) is 13.4. The Kier molecular flexibility index (Phi) is 4.96. The number of rotatable bonds is 4. The monoisotopic (exact) mass is 316 g/mol. The van der Waals surface area contributed by atoms with Crippen molar-refractivity contribution in [1.29, 1.82) is 0 Å². The van der Waals surface area contributed by atoms with Crippen LogP contribution in [0.2, 0.25) is 0 Å². The summed E-state index contributed by atoms with van der Waals surface area (Å²) in [4.78, 5) is 28.1. The molecule has 2 fully saturated rings. The lowest BCUT2D eigenvalue weighted by molar-refractivity contribution is -0.128. The first-order valence-electron chi connectivity index (χ1n) is 8.44. The van der Waals surface area contributed by atoms with Crippen molar-refractivity contribution in [2.45, 2.75) is 32.2 Å². The Balaban J connectivity index is 1.68. The molecule has 0 bridgehead atoms. The Morgan fingerprint density at radius 3 is 2.87 bits per heavy atom. The van der Waals surface area contributed by atoms with Gasteiger partial charge in [-0.25, -0.2) is 0 Å². The fourth-order valence-electron chi connectivity index (χ4n) is 3.48. The largest absolute Gasteiger partial charge is 0.396 e. The third-order valence-corrected chi connectivity index (χ3v) is 4.78. The first-order chi connectivity index (χ1) is 11.2. The Hall–Kier alpha value is -1.88. The molecule has 2 amide bonds. The van der Waals surface area contributed by atoms with Gasteiger partial charge in [0.1, 0.15) is 0 Å². The Bertz CT molecular complexity index is 587. The molecule has 2 aliphatic heterocycles. The molecule has 2 heterocycles. The van der Waals surface area contributed by atoms with E-state index in [0.717, 1.165) is 37.9 Å². The number of carbonyl (C=O) groups is 2. The van der Waals surface area contributed by atoms with Gasteiger partial charge in [0.2, 0.25) is 5.91 Å². The lowest BCUT2D eigenvalue weighted by Crippen LogP contribution is -2.41. The number of piperidine rings is 1. The zero-order valence-corrected chi connectivity index (χ0v) is 13.4. The van der Waals surface area contributed by atoms with Crippen LogP contribution in [0.25, 0.3) is 0 Å². The SMILES string of the molecule is O=C1CCCN1Cc1cccc(C(=O)N2CCCC(CO)C2)c1. The number of hydrogen-bond acceptors (Lipinski definition) is 3. The van der Waals surface area contributed by atoms with Crippen molar-refractivity contribution >= 4 is 11.8 Å². The summed E-state index contributed by atoms with van der Waals surface area (Å²) < 4.78 is 0. The smallest absolute Gasteiger partial charge is 0.253 e. The number of aliphatic hydroxyl groups is 1. The summed E-state index contributed by atoms with van der Waals surface area (Å²) in [6, 6.07) is 7.59. The van der Waals surface area contributed by atoms with E-state index in [0.29, 0.717) is 25.1 Å². The predicted molar refractivity (Wildman–Crippen MR) is 86.8 cm³/mol. The number of amides is 2. The summed E-state index contributed by atoms with van der Waals surface area (Å²) >= 11 is 0. The lowest BCUT2D eigenvalue weighted by atomic mass is 9.98. The van der Waals surface area contributed by atoms with Crippen LogP contribution in [0.15, 0.2) is 24.3 Å². The molecule has 0 radical (unpaired) electrons. The molecule has 2 aliphatic rings. The molecule has 1 aromatic rings. The van der Waals surface area contributed by atoms with Gasteiger partial charge in [-0.15, -0.1) is 0 Å². The maximum atomic E-state index is 12.7. The molecule has 23 heavy (non-hydrogen) atoms. The van der Waals surface area contributed by atoms with E-state index in [1.54, 1.807) is 0 Å². The molecule has 0 aliphatic carbocycles. The van der Waals surface area contributed by atoms with Crippen molar-refractivity contribution in [2.75, 3.05) is 26.2 Å². The van der Waals surface area contributed by atoms with Crippen LogP contribution in [0, 0.1) is 5.92 Å². The summed E-state index contributed by atoms with van der Waals surface area (Å²) in [5.41, 5.74) is 1.68. The molecule has 0 aromatic heterocycles. The van der Waals surface area contributed by atoms with Crippen molar-refractivity contribution in [3.63, 3.8) is 0 Å². The van der Waals surface area contributed by atoms with Crippen molar-refractivity contribution in [1.82, 2.24) is 9.80 Å². The molecule has 5 nitrogen and oxygen atoms in total. The highest BCUT2D eigenvalue weighted by molar-refractivity contribution is 5.94. The van der Waals surface area contributed by atoms with E-state index in [9.17, 15) is 14.7 Å². The molecule has 1 atom stereocenters. The van der Waals surface area contributed by atoms with Crippen LogP contribution in [-0.4, -0.2) is 53.0 Å². The summed E-state index contributed by atoms with van der Waals surface area (Å²) in [7, 11) is 0. The average Bonchev–Trinajstić information content (AvgIpc) is 2.99. The van der Waals surface area contributed by atoms with E-state index in [4.69, 9.17) is 0 Å². The van der Waals surface area contributed by atoms with Crippen molar-refractivity contribution < 1.29 is 14.7 Å². The zero-order chi connectivity index (χ0) is 16.2. The van der Waals surface area contributed by atoms with Crippen molar-refractivity contribution in [3.05, 3.63) is 35.4 Å². The third-order valence-electron chi connectivity index (χ3n) is 4.78. The molecule has 0 spiro atoms. The average molecular weight is 316 g/mol. The standard InChI is InChI=1S/C18H24N2O3/c21-13-15-5-2-9-20(12-15)18(23)16-6-1-4-14(10-16)11-19-8-3-7-17(19)22/h1,4,6,10,15,21H,2-3,5,7-9,11-13H2. The van der Waals surface area contributed by atoms with E-state index in [-0.39, 0.29) is 24.3 Å². The number of nitrogens with zero attached hydrogens (tertiary/aromatic N) is 2. The van der Waals surface area contributed by atoms with Gasteiger partial charge in [0.25, 0.3) is 5.91 Å². The summed E-state index contributed by atoms with van der Waals surface area (Å²) in [5.74, 6) is 0.416. The maximum absolute atomic E-state index is 12.7. The Morgan fingerprint density at radius 2 is 2.13 bits per heavy atom. The Morgan fingerprint density at radius 1 is 1.26 bits per heavy atom. The van der Waals surface area contributed by atoms with Gasteiger partial charge in [-0.1, -0.05) is 12.1 Å². The molecule has 0 saturated carbocycles. The van der Waals surface area contributed by atoms with Gasteiger partial charge in [0.15, 0.2) is 0 Å². The van der Waals surface area contributed by atoms with Gasteiger partial charge >= 0.3 is 0 Å². The molecular weight excluding hydrogens is 292 g/mol. The van der Waals surface area contributed by atoms with Gasteiger partial charge in [-0.2, -0.15) is 0 Å². The normalized spacial score (nSPS) is 21.8. The first-order valence-corrected chi connectivity index (χ1v) is 8.44. The quantitative estimate of drug-likeness (QED) is 0.919. The molecule has 1 N–H and O–H groups in total. The fourth-order valence-corrected chi connectivity index (χ4v) is 3.48. The minimum atomic E-state index is 0.0257. The van der Waals surface area contributed by atoms with E-state index < -0.39 is 0 Å². The van der Waals surface area contributed by atoms with Gasteiger partial charge in [0, 0.05) is 44.8 Å². The highest BCUT2D eigenvalue weighted by atomic mass is 16.3. The van der Waals surface area contributed by atoms with Crippen LogP contribution >= 0.6 is 0 Å². The molecule has 1 aromatic carbocycles. The summed E-state index contributed by atoms with van der Waals surface area (Å²) in [6.07, 6.45) is 3.49. The number of carbonyl (C=O) groups excluding carboxylic acids is 2. The highest BCUT2D eigenvalue weighted by Crippen LogP contribution is 2.20. The van der Waals surface area contributed by atoms with Gasteiger partial charge in [-0.3, -0.25) is 9.59 Å². The van der Waals surface area contributed by atoms with Gasteiger partial charge in [0.05, 0.1) is 0 Å². The van der Waals surface area contributed by atoms with Crippen LogP contribution in [0.4, 0.5) is 0 Å². The predicted octanol–water partition coefficient (Wildman–Crippen LogP) is 1.65. The Labute approximate surface area is 136 Å². The molecule has 5 heteroatoms. The number of aliphatic hydroxyl groups excluding tert-OH is 1. The van der Waals surface area contributed by atoms with Gasteiger partial charge in [-0.05, 0) is 42.9 Å². The first kappa shape index (κ1) is 16.0.